The fourth-order valence-corrected chi connectivity index (χ4v) is 3.96. The highest BCUT2D eigenvalue weighted by atomic mass is 32.2. The van der Waals surface area contributed by atoms with Crippen molar-refractivity contribution in [1.82, 2.24) is 19.2 Å². The average molecular weight is 465 g/mol. The number of aryl methyl sites for hydroxylation is 2. The van der Waals surface area contributed by atoms with Crippen LogP contribution in [-0.2, 0) is 32.5 Å². The predicted octanol–water partition coefficient (Wildman–Crippen LogP) is 2.32. The van der Waals surface area contributed by atoms with Crippen LogP contribution in [0.3, 0.4) is 0 Å². The summed E-state index contributed by atoms with van der Waals surface area (Å²) in [6.45, 7) is 2.44. The molecule has 0 spiro atoms. The van der Waals surface area contributed by atoms with Gasteiger partial charge in [0.05, 0.1) is 22.5 Å². The minimum Gasteiger partial charge on any atom is -0.370 e. The Bertz CT molecular complexity index is 1020. The number of hydrogen-bond donors (Lipinski definition) is 1. The third-order valence-electron chi connectivity index (χ3n) is 4.51. The molecule has 0 saturated heterocycles. The molecule has 1 amide bonds. The largest absolute Gasteiger partial charge is 0.411 e. The Morgan fingerprint density at radius 3 is 2.58 bits per heavy atom. The molecule has 12 heteroatoms. The highest BCUT2D eigenvalue weighted by molar-refractivity contribution is 7.89. The van der Waals surface area contributed by atoms with Crippen molar-refractivity contribution in [1.29, 1.82) is 0 Å². The van der Waals surface area contributed by atoms with Crippen LogP contribution in [0.5, 0.6) is 0 Å². The number of nitrogens with one attached hydrogen (secondary N) is 1. The van der Waals surface area contributed by atoms with Gasteiger partial charge in [0.15, 0.2) is 0 Å². The van der Waals surface area contributed by atoms with E-state index in [0.717, 1.165) is 9.82 Å². The van der Waals surface area contributed by atoms with Gasteiger partial charge in [-0.25, -0.2) is 17.7 Å². The van der Waals surface area contributed by atoms with Crippen LogP contribution in [0.25, 0.3) is 11.0 Å². The fraction of sp³-hybridized carbons (Fsp3) is 0.579. The Balaban J connectivity index is 2.05. The van der Waals surface area contributed by atoms with Gasteiger partial charge in [0.25, 0.3) is 0 Å². The molecule has 1 atom stereocenters. The lowest BCUT2D eigenvalue weighted by molar-refractivity contribution is -0.175. The lowest BCUT2D eigenvalue weighted by Gasteiger charge is -2.15. The lowest BCUT2D eigenvalue weighted by atomic mass is 10.2. The number of imidazole rings is 1. The number of ether oxygens (including phenoxy) is 1. The topological polar surface area (TPSA) is 93.5 Å². The van der Waals surface area contributed by atoms with Crippen molar-refractivity contribution in [2.24, 2.45) is 0 Å². The Morgan fingerprint density at radius 2 is 2.00 bits per heavy atom. The summed E-state index contributed by atoms with van der Waals surface area (Å²) >= 11 is 0. The van der Waals surface area contributed by atoms with E-state index in [0.29, 0.717) is 24.3 Å². The first-order valence-electron chi connectivity index (χ1n) is 9.70. The number of aromatic nitrogens is 2. The zero-order valence-electron chi connectivity index (χ0n) is 17.9. The van der Waals surface area contributed by atoms with Crippen molar-refractivity contribution < 1.29 is 31.1 Å². The molecule has 0 fully saturated rings. The van der Waals surface area contributed by atoms with Crippen LogP contribution < -0.4 is 5.32 Å². The van der Waals surface area contributed by atoms with Crippen molar-refractivity contribution >= 4 is 27.0 Å². The Hall–Kier alpha value is -2.18. The van der Waals surface area contributed by atoms with Crippen LogP contribution in [0.15, 0.2) is 23.1 Å². The standard InChI is InChI=1S/C19H27F3N4O4S/c1-5-26-16-7-6-14(31(28,29)25(3)4)10-15(16)24-17(26)8-9-18(27)23-13(2)11-30-12-19(20,21)22/h6-7,10,13H,5,8-9,11-12H2,1-4H3,(H,23,27). The number of benzene rings is 1. The summed E-state index contributed by atoms with van der Waals surface area (Å²) in [4.78, 5) is 16.8. The van der Waals surface area contributed by atoms with Gasteiger partial charge in [-0.15, -0.1) is 0 Å². The van der Waals surface area contributed by atoms with Crippen LogP contribution in [0, 0.1) is 0 Å². The quantitative estimate of drug-likeness (QED) is 0.583. The van der Waals surface area contributed by atoms with Gasteiger partial charge in [0.2, 0.25) is 15.9 Å². The molecule has 0 aliphatic carbocycles. The highest BCUT2D eigenvalue weighted by Gasteiger charge is 2.27. The number of halogens is 3. The molecule has 0 aliphatic heterocycles. The lowest BCUT2D eigenvalue weighted by Crippen LogP contribution is -2.37. The van der Waals surface area contributed by atoms with Gasteiger partial charge in [-0.3, -0.25) is 4.79 Å². The minimum atomic E-state index is -4.41. The molecular formula is C19H27F3N4O4S. The summed E-state index contributed by atoms with van der Waals surface area (Å²) in [6.07, 6.45) is -4.04. The predicted molar refractivity (Wildman–Crippen MR) is 109 cm³/mol. The molecule has 1 N–H and O–H groups in total. The number of alkyl halides is 3. The van der Waals surface area contributed by atoms with Crippen molar-refractivity contribution in [3.05, 3.63) is 24.0 Å². The SMILES string of the molecule is CCn1c(CCC(=O)NC(C)COCC(F)(F)F)nc2cc(S(=O)(=O)N(C)C)ccc21. The van der Waals surface area contributed by atoms with E-state index in [2.05, 4.69) is 15.0 Å². The van der Waals surface area contributed by atoms with Gasteiger partial charge in [0, 0.05) is 39.5 Å². The van der Waals surface area contributed by atoms with Crippen LogP contribution >= 0.6 is 0 Å². The number of sulfonamides is 1. The van der Waals surface area contributed by atoms with Crippen LogP contribution in [0.2, 0.25) is 0 Å². The number of rotatable bonds is 10. The second-order valence-corrected chi connectivity index (χ2v) is 9.46. The molecular weight excluding hydrogens is 437 g/mol. The maximum absolute atomic E-state index is 12.4. The zero-order chi connectivity index (χ0) is 23.4. The molecule has 1 aromatic heterocycles. The summed E-state index contributed by atoms with van der Waals surface area (Å²) in [7, 11) is -0.702. The first-order chi connectivity index (χ1) is 14.3. The van der Waals surface area contributed by atoms with Gasteiger partial charge in [0.1, 0.15) is 12.4 Å². The fourth-order valence-electron chi connectivity index (χ4n) is 3.04. The van der Waals surface area contributed by atoms with E-state index in [1.165, 1.54) is 26.2 Å². The summed E-state index contributed by atoms with van der Waals surface area (Å²) in [6, 6.07) is 4.13. The van der Waals surface area contributed by atoms with Gasteiger partial charge in [-0.2, -0.15) is 13.2 Å². The Kier molecular flexibility index (Phi) is 8.06. The number of amides is 1. The van der Waals surface area contributed by atoms with Gasteiger partial charge in [-0.05, 0) is 32.0 Å². The molecule has 174 valence electrons. The second-order valence-electron chi connectivity index (χ2n) is 7.31. The molecule has 2 aromatic rings. The minimum absolute atomic E-state index is 0.0792. The van der Waals surface area contributed by atoms with E-state index in [4.69, 9.17) is 0 Å². The smallest absolute Gasteiger partial charge is 0.370 e. The molecule has 1 heterocycles. The number of carbonyl (C=O) groups excluding carboxylic acids is 1. The third-order valence-corrected chi connectivity index (χ3v) is 6.32. The van der Waals surface area contributed by atoms with Gasteiger partial charge in [-0.1, -0.05) is 0 Å². The Morgan fingerprint density at radius 1 is 1.32 bits per heavy atom. The molecule has 0 aliphatic rings. The van der Waals surface area contributed by atoms with Gasteiger partial charge < -0.3 is 14.6 Å². The molecule has 1 unspecified atom stereocenters. The molecule has 0 bridgehead atoms. The number of carbonyl (C=O) groups is 1. The summed E-state index contributed by atoms with van der Waals surface area (Å²) in [5.41, 5.74) is 1.26. The van der Waals surface area contributed by atoms with Crippen LogP contribution in [0.1, 0.15) is 26.1 Å². The van der Waals surface area contributed by atoms with Crippen molar-refractivity contribution in [3.8, 4) is 0 Å². The zero-order valence-corrected chi connectivity index (χ0v) is 18.7. The highest BCUT2D eigenvalue weighted by Crippen LogP contribution is 2.22. The number of fused-ring (bicyclic) bond motifs is 1. The maximum atomic E-state index is 12.4. The summed E-state index contributed by atoms with van der Waals surface area (Å²) < 4.78 is 68.6. The summed E-state index contributed by atoms with van der Waals surface area (Å²) in [5.74, 6) is 0.279. The molecule has 0 radical (unpaired) electrons. The Labute approximate surface area is 179 Å². The van der Waals surface area contributed by atoms with E-state index >= 15 is 0 Å². The van der Waals surface area contributed by atoms with Crippen molar-refractivity contribution in [2.45, 2.75) is 50.3 Å². The van der Waals surface area contributed by atoms with Gasteiger partial charge >= 0.3 is 6.18 Å². The second kappa shape index (κ2) is 9.96. The number of hydrogen-bond acceptors (Lipinski definition) is 5. The van der Waals surface area contributed by atoms with E-state index in [-0.39, 0.29) is 23.8 Å². The van der Waals surface area contributed by atoms with Crippen LogP contribution in [-0.4, -0.2) is 67.7 Å². The first kappa shape index (κ1) is 25.1. The first-order valence-corrected chi connectivity index (χ1v) is 11.1. The van der Waals surface area contributed by atoms with Crippen molar-refractivity contribution in [3.63, 3.8) is 0 Å². The van der Waals surface area contributed by atoms with Crippen LogP contribution in [0.4, 0.5) is 13.2 Å². The molecule has 1 aromatic carbocycles. The average Bonchev–Trinajstić information content (AvgIpc) is 3.01. The van der Waals surface area contributed by atoms with E-state index in [1.54, 1.807) is 13.0 Å². The monoisotopic (exact) mass is 464 g/mol. The third kappa shape index (κ3) is 6.65. The normalized spacial score (nSPS) is 13.7. The molecule has 31 heavy (non-hydrogen) atoms. The van der Waals surface area contributed by atoms with Crippen molar-refractivity contribution in [2.75, 3.05) is 27.3 Å². The number of nitrogens with zero attached hydrogens (tertiary/aromatic N) is 3. The van der Waals surface area contributed by atoms with E-state index < -0.39 is 28.8 Å². The molecule has 8 nitrogen and oxygen atoms in total. The van der Waals surface area contributed by atoms with E-state index in [9.17, 15) is 26.4 Å². The molecule has 0 saturated carbocycles. The maximum Gasteiger partial charge on any atom is 0.411 e. The van der Waals surface area contributed by atoms with E-state index in [1.807, 2.05) is 11.5 Å². The molecule has 2 rings (SSSR count). The summed E-state index contributed by atoms with van der Waals surface area (Å²) in [5, 5.41) is 2.60.